The number of carbonyl (C=O) groups is 1. The van der Waals surface area contributed by atoms with Gasteiger partial charge in [-0.3, -0.25) is 4.90 Å². The highest BCUT2D eigenvalue weighted by Gasteiger charge is 2.47. The third-order valence-electron chi connectivity index (χ3n) is 7.48. The lowest BCUT2D eigenvalue weighted by Crippen LogP contribution is -3.00. The van der Waals surface area contributed by atoms with E-state index in [4.69, 9.17) is 9.47 Å². The Morgan fingerprint density at radius 1 is 1.16 bits per heavy atom. The fraction of sp³-hybridized carbons (Fsp3) is 0.345. The molecule has 0 spiro atoms. The molecule has 2 bridgehead atoms. The summed E-state index contributed by atoms with van der Waals surface area (Å²) >= 11 is 1.57. The summed E-state index contributed by atoms with van der Waals surface area (Å²) in [6.45, 7) is 4.29. The van der Waals surface area contributed by atoms with Crippen LogP contribution in [0.5, 0.6) is 5.75 Å². The van der Waals surface area contributed by atoms with Crippen LogP contribution >= 0.6 is 11.3 Å². The Bertz CT molecular complexity index is 1200. The van der Waals surface area contributed by atoms with Crippen molar-refractivity contribution in [1.29, 1.82) is 0 Å². The van der Waals surface area contributed by atoms with Crippen LogP contribution in [-0.4, -0.2) is 50.0 Å². The average molecular weight is 588 g/mol. The molecule has 37 heavy (non-hydrogen) atoms. The maximum absolute atomic E-state index is 14.5. The predicted molar refractivity (Wildman–Crippen MR) is 142 cm³/mol. The molecule has 6 rings (SSSR count). The van der Waals surface area contributed by atoms with Gasteiger partial charge in [-0.1, -0.05) is 36.4 Å². The second kappa shape index (κ2) is 12.2. The Morgan fingerprint density at radius 3 is 2.62 bits per heavy atom. The molecule has 3 fully saturated rings. The van der Waals surface area contributed by atoms with E-state index < -0.39 is 11.9 Å². The van der Waals surface area contributed by atoms with Gasteiger partial charge in [-0.15, -0.1) is 0 Å². The highest BCUT2D eigenvalue weighted by atomic mass is 79.9. The maximum atomic E-state index is 14.5. The summed E-state index contributed by atoms with van der Waals surface area (Å²) in [5.41, 5.74) is 2.64. The van der Waals surface area contributed by atoms with Gasteiger partial charge in [-0.05, 0) is 46.2 Å². The quantitative estimate of drug-likeness (QED) is 0.380. The van der Waals surface area contributed by atoms with Crippen LogP contribution in [0.3, 0.4) is 0 Å². The lowest BCUT2D eigenvalue weighted by Gasteiger charge is -2.51. The van der Waals surface area contributed by atoms with E-state index in [0.29, 0.717) is 18.2 Å². The number of hydrogen-bond donors (Lipinski definition) is 0. The van der Waals surface area contributed by atoms with E-state index in [-0.39, 0.29) is 28.8 Å². The molecule has 196 valence electrons. The number of amides is 1. The zero-order valence-corrected chi connectivity index (χ0v) is 23.3. The highest BCUT2D eigenvalue weighted by Crippen LogP contribution is 2.36. The number of methoxy groups -OCH3 is 1. The van der Waals surface area contributed by atoms with Crippen molar-refractivity contribution < 1.29 is 40.1 Å². The fourth-order valence-electron chi connectivity index (χ4n) is 5.43. The summed E-state index contributed by atoms with van der Waals surface area (Å²) in [5.74, 6) is 0.0216. The minimum atomic E-state index is -0.504. The lowest BCUT2D eigenvalue weighted by molar-refractivity contribution is -0.941. The molecule has 0 unspecified atom stereocenters. The summed E-state index contributed by atoms with van der Waals surface area (Å²) in [5, 5.41) is 3.96. The van der Waals surface area contributed by atoms with Crippen molar-refractivity contribution in [2.24, 2.45) is 5.92 Å². The number of piperidine rings is 3. The molecule has 4 heterocycles. The SMILES string of the molecule is COc1ccc(N(Cc2ccsc2)C(=O)O[C@H]2C[N+]3(CC=Cc4ccccc4)CCC2CC3)cc1F.[Br-]. The first-order valence-electron chi connectivity index (χ1n) is 12.4. The van der Waals surface area contributed by atoms with Crippen LogP contribution in [0, 0.1) is 11.7 Å². The van der Waals surface area contributed by atoms with Gasteiger partial charge in [0.15, 0.2) is 17.7 Å². The number of carbonyl (C=O) groups excluding carboxylic acids is 1. The fourth-order valence-corrected chi connectivity index (χ4v) is 6.09. The molecule has 3 aliphatic heterocycles. The van der Waals surface area contributed by atoms with Gasteiger partial charge in [0, 0.05) is 24.8 Å². The molecule has 2 aromatic carbocycles. The molecule has 0 N–H and O–H groups in total. The Balaban J connectivity index is 0.00000320. The van der Waals surface area contributed by atoms with Crippen molar-refractivity contribution in [3.63, 3.8) is 0 Å². The summed E-state index contributed by atoms with van der Waals surface area (Å²) in [4.78, 5) is 15.0. The van der Waals surface area contributed by atoms with Crippen molar-refractivity contribution in [3.8, 4) is 5.75 Å². The second-order valence-corrected chi connectivity index (χ2v) is 10.5. The van der Waals surface area contributed by atoms with Crippen LogP contribution in [-0.2, 0) is 11.3 Å². The van der Waals surface area contributed by atoms with Crippen LogP contribution in [0.15, 0.2) is 71.4 Å². The standard InChI is InChI=1S/C29H32FN2O3S.BrH/c1-34-27-10-9-25(18-26(27)30)31(19-23-13-17-36-21-23)29(33)35-28-20-32(15-11-24(28)12-16-32)14-5-8-22-6-3-2-4-7-22;/h2-10,13,17-18,21,24,28H,11-12,14-16,19-20H2,1H3;1H/q+1;/p-1/t24?,28-,32?;/m0./s1. The van der Waals surface area contributed by atoms with Gasteiger partial charge in [0.2, 0.25) is 0 Å². The van der Waals surface area contributed by atoms with Gasteiger partial charge >= 0.3 is 6.09 Å². The first-order chi connectivity index (χ1) is 17.5. The zero-order valence-electron chi connectivity index (χ0n) is 20.9. The molecular formula is C29H32BrFN2O3S. The lowest BCUT2D eigenvalue weighted by atomic mass is 9.83. The molecule has 1 amide bonds. The molecule has 0 saturated carbocycles. The number of quaternary nitrogens is 1. The van der Waals surface area contributed by atoms with Gasteiger partial charge in [-0.25, -0.2) is 9.18 Å². The Morgan fingerprint density at radius 2 is 1.95 bits per heavy atom. The van der Waals surface area contributed by atoms with Crippen molar-refractivity contribution >= 4 is 29.2 Å². The van der Waals surface area contributed by atoms with Crippen LogP contribution in [0.2, 0.25) is 0 Å². The third-order valence-corrected chi connectivity index (χ3v) is 8.22. The largest absolute Gasteiger partial charge is 1.00 e. The van der Waals surface area contributed by atoms with E-state index in [1.165, 1.54) is 23.6 Å². The van der Waals surface area contributed by atoms with Crippen molar-refractivity contribution in [2.45, 2.75) is 25.5 Å². The number of anilines is 1. The first-order valence-corrected chi connectivity index (χ1v) is 13.4. The topological polar surface area (TPSA) is 38.8 Å². The smallest absolute Gasteiger partial charge is 0.415 e. The van der Waals surface area contributed by atoms with E-state index in [0.717, 1.165) is 49.1 Å². The molecular weight excluding hydrogens is 555 g/mol. The molecule has 3 aliphatic rings. The molecule has 1 atom stereocenters. The van der Waals surface area contributed by atoms with Gasteiger partial charge in [-0.2, -0.15) is 11.3 Å². The average Bonchev–Trinajstić information content (AvgIpc) is 3.42. The van der Waals surface area contributed by atoms with E-state index in [9.17, 15) is 9.18 Å². The van der Waals surface area contributed by atoms with E-state index in [1.807, 2.05) is 35.0 Å². The molecule has 0 aliphatic carbocycles. The number of fused-ring (bicyclic) bond motifs is 3. The van der Waals surface area contributed by atoms with Crippen LogP contribution in [0.1, 0.15) is 24.0 Å². The van der Waals surface area contributed by atoms with E-state index >= 15 is 0 Å². The number of hydrogen-bond acceptors (Lipinski definition) is 4. The number of nitrogens with zero attached hydrogens (tertiary/aromatic N) is 2. The monoisotopic (exact) mass is 586 g/mol. The summed E-state index contributed by atoms with van der Waals surface area (Å²) in [6.07, 6.45) is 5.97. The molecule has 3 saturated heterocycles. The maximum Gasteiger partial charge on any atom is 0.415 e. The summed E-state index contributed by atoms with van der Waals surface area (Å²) in [6, 6.07) is 16.9. The molecule has 0 radical (unpaired) electrons. The van der Waals surface area contributed by atoms with E-state index in [2.05, 4.69) is 24.3 Å². The number of benzene rings is 2. The number of thiophene rings is 1. The summed E-state index contributed by atoms with van der Waals surface area (Å²) < 4.78 is 26.7. The first kappa shape index (κ1) is 27.4. The number of rotatable bonds is 8. The predicted octanol–water partition coefficient (Wildman–Crippen LogP) is 3.37. The van der Waals surface area contributed by atoms with Crippen LogP contribution in [0.4, 0.5) is 14.9 Å². The second-order valence-electron chi connectivity index (χ2n) is 9.76. The van der Waals surface area contributed by atoms with Crippen molar-refractivity contribution in [3.05, 3.63) is 88.4 Å². The van der Waals surface area contributed by atoms with Crippen molar-refractivity contribution in [1.82, 2.24) is 0 Å². The van der Waals surface area contributed by atoms with Gasteiger partial charge < -0.3 is 30.9 Å². The van der Waals surface area contributed by atoms with Crippen LogP contribution < -0.4 is 26.6 Å². The molecule has 8 heteroatoms. The highest BCUT2D eigenvalue weighted by molar-refractivity contribution is 7.07. The minimum absolute atomic E-state index is 0. The molecule has 1 aromatic heterocycles. The van der Waals surface area contributed by atoms with Gasteiger partial charge in [0.1, 0.15) is 6.54 Å². The zero-order chi connectivity index (χ0) is 25.0. The van der Waals surface area contributed by atoms with Crippen molar-refractivity contribution in [2.75, 3.05) is 38.2 Å². The molecule has 3 aromatic rings. The van der Waals surface area contributed by atoms with Crippen LogP contribution in [0.25, 0.3) is 6.08 Å². The Kier molecular flexibility index (Phi) is 9.05. The minimum Gasteiger partial charge on any atom is -1.00 e. The third kappa shape index (κ3) is 6.43. The van der Waals surface area contributed by atoms with Gasteiger partial charge in [0.25, 0.3) is 0 Å². The Labute approximate surface area is 232 Å². The summed E-state index contributed by atoms with van der Waals surface area (Å²) in [7, 11) is 1.43. The number of ether oxygens (including phenoxy) is 2. The van der Waals surface area contributed by atoms with Gasteiger partial charge in [0.05, 0.1) is 39.0 Å². The number of halogens is 2. The van der Waals surface area contributed by atoms with E-state index in [1.54, 1.807) is 23.5 Å². The normalized spacial score (nSPS) is 22.4. The molecule has 5 nitrogen and oxygen atoms in total. The Hall–Kier alpha value is -2.68.